The highest BCUT2D eigenvalue weighted by Crippen LogP contribution is 2.28. The highest BCUT2D eigenvalue weighted by Gasteiger charge is 2.39. The Morgan fingerprint density at radius 3 is 1.83 bits per heavy atom. The number of nitrogens with two attached hydrogens (primary N) is 1. The molecule has 1 fully saturated rings. The predicted octanol–water partition coefficient (Wildman–Crippen LogP) is 4.87. The Bertz CT molecular complexity index is 1620. The fourth-order valence-electron chi connectivity index (χ4n) is 4.29. The van der Waals surface area contributed by atoms with Crippen LogP contribution in [0.4, 0.5) is 38.1 Å². The smallest absolute Gasteiger partial charge is 0.475 e. The summed E-state index contributed by atoms with van der Waals surface area (Å²) in [6.45, 7) is 3.49. The minimum atomic E-state index is -5.08. The zero-order valence-corrected chi connectivity index (χ0v) is 25.3. The number of hydrogen-bond donors (Lipinski definition) is 7. The lowest BCUT2D eigenvalue weighted by atomic mass is 9.90. The van der Waals surface area contributed by atoms with E-state index in [-0.39, 0.29) is 35.7 Å². The molecule has 260 valence electrons. The largest absolute Gasteiger partial charge is 0.490 e. The summed E-state index contributed by atoms with van der Waals surface area (Å²) in [5.74, 6) is -5.17. The van der Waals surface area contributed by atoms with Crippen molar-refractivity contribution in [2.24, 2.45) is 5.73 Å². The number of carbonyl (C=O) groups is 4. The Kier molecular flexibility index (Phi) is 13.2. The third-order valence-corrected chi connectivity index (χ3v) is 6.54. The van der Waals surface area contributed by atoms with E-state index >= 15 is 0 Å². The Morgan fingerprint density at radius 1 is 0.854 bits per heavy atom. The van der Waals surface area contributed by atoms with Crippen LogP contribution in [-0.2, 0) is 9.59 Å². The van der Waals surface area contributed by atoms with Gasteiger partial charge < -0.3 is 26.6 Å². The number of aromatic nitrogens is 2. The summed E-state index contributed by atoms with van der Waals surface area (Å²) in [4.78, 5) is 51.3. The number of amides is 1. The summed E-state index contributed by atoms with van der Waals surface area (Å²) in [6, 6.07) is 12.4. The first-order valence-corrected chi connectivity index (χ1v) is 13.9. The van der Waals surface area contributed by atoms with Crippen molar-refractivity contribution in [1.29, 1.82) is 5.41 Å². The van der Waals surface area contributed by atoms with Crippen molar-refractivity contribution >= 4 is 52.3 Å². The van der Waals surface area contributed by atoms with Gasteiger partial charge in [-0.15, -0.1) is 0 Å². The van der Waals surface area contributed by atoms with E-state index in [1.807, 2.05) is 25.1 Å². The van der Waals surface area contributed by atoms with Crippen LogP contribution in [0.1, 0.15) is 58.9 Å². The number of guanidine groups is 1. The number of rotatable bonds is 6. The SMILES string of the molecule is CC(=O)c1ccc(C(=O)Nc2nc(NC3CCCCC3NC(=N)N)c3cc(C)ccc3n2)cc1.O=C(O)C(F)(F)F.O=C(O)C(F)(F)F. The molecule has 8 N–H and O–H groups in total. The molecule has 0 radical (unpaired) electrons. The number of carbonyl (C=O) groups excluding carboxylic acids is 2. The average molecular weight is 688 g/mol. The minimum Gasteiger partial charge on any atom is -0.475 e. The number of halogens is 6. The van der Waals surface area contributed by atoms with E-state index in [4.69, 9.17) is 30.9 Å². The molecule has 2 aromatic carbocycles. The van der Waals surface area contributed by atoms with Gasteiger partial charge in [-0.25, -0.2) is 14.6 Å². The molecule has 2 unspecified atom stereocenters. The fourth-order valence-corrected chi connectivity index (χ4v) is 4.29. The van der Waals surface area contributed by atoms with Crippen molar-refractivity contribution in [1.82, 2.24) is 15.3 Å². The Balaban J connectivity index is 0.000000479. The van der Waals surface area contributed by atoms with Gasteiger partial charge in [-0.1, -0.05) is 36.6 Å². The highest BCUT2D eigenvalue weighted by molar-refractivity contribution is 6.05. The quantitative estimate of drug-likeness (QED) is 0.0802. The number of alkyl halides is 6. The number of nitrogens with one attached hydrogen (secondary N) is 4. The number of hydrogen-bond acceptors (Lipinski definition) is 8. The van der Waals surface area contributed by atoms with Gasteiger partial charge in [0.2, 0.25) is 5.95 Å². The van der Waals surface area contributed by atoms with E-state index < -0.39 is 24.3 Å². The summed E-state index contributed by atoms with van der Waals surface area (Å²) in [5.41, 5.74) is 8.33. The van der Waals surface area contributed by atoms with Crippen molar-refractivity contribution in [3.63, 3.8) is 0 Å². The molecular weight excluding hydrogens is 656 g/mol. The molecule has 48 heavy (non-hydrogen) atoms. The van der Waals surface area contributed by atoms with Crippen LogP contribution in [0, 0.1) is 12.3 Å². The Hall–Kier alpha value is -5.49. The van der Waals surface area contributed by atoms with E-state index in [2.05, 4.69) is 25.9 Å². The topological polar surface area (TPSA) is 220 Å². The van der Waals surface area contributed by atoms with E-state index in [0.29, 0.717) is 22.5 Å². The minimum absolute atomic E-state index is 0.0129. The van der Waals surface area contributed by atoms with Crippen molar-refractivity contribution in [3.8, 4) is 0 Å². The number of aryl methyl sites for hydroxylation is 1. The molecule has 4 rings (SSSR count). The first-order chi connectivity index (χ1) is 22.2. The number of benzene rings is 2. The third-order valence-electron chi connectivity index (χ3n) is 6.54. The molecule has 0 bridgehead atoms. The normalized spacial score (nSPS) is 15.8. The first-order valence-electron chi connectivity index (χ1n) is 13.9. The van der Waals surface area contributed by atoms with Crippen LogP contribution >= 0.6 is 0 Å². The molecule has 2 atom stereocenters. The number of carboxylic acids is 2. The fraction of sp³-hybridized carbons (Fsp3) is 0.345. The second kappa shape index (κ2) is 16.4. The maximum atomic E-state index is 12.8. The van der Waals surface area contributed by atoms with Crippen LogP contribution in [0.2, 0.25) is 0 Å². The summed E-state index contributed by atoms with van der Waals surface area (Å²) in [7, 11) is 0. The van der Waals surface area contributed by atoms with E-state index in [1.54, 1.807) is 24.3 Å². The van der Waals surface area contributed by atoms with Gasteiger partial charge in [-0.3, -0.25) is 20.3 Å². The second-order valence-corrected chi connectivity index (χ2v) is 10.3. The van der Waals surface area contributed by atoms with Gasteiger partial charge in [0.05, 0.1) is 5.52 Å². The summed E-state index contributed by atoms with van der Waals surface area (Å²) >= 11 is 0. The van der Waals surface area contributed by atoms with Crippen LogP contribution < -0.4 is 21.7 Å². The van der Waals surface area contributed by atoms with Crippen molar-refractivity contribution in [2.45, 2.75) is 64.0 Å². The molecule has 1 saturated carbocycles. The van der Waals surface area contributed by atoms with E-state index in [9.17, 15) is 35.9 Å². The van der Waals surface area contributed by atoms with Gasteiger partial charge in [-0.05, 0) is 51.0 Å². The molecule has 1 aliphatic carbocycles. The maximum absolute atomic E-state index is 12.8. The number of fused-ring (bicyclic) bond motifs is 1. The number of anilines is 2. The zero-order valence-electron chi connectivity index (χ0n) is 25.3. The molecule has 1 aromatic heterocycles. The molecule has 0 saturated heterocycles. The lowest BCUT2D eigenvalue weighted by Gasteiger charge is -2.33. The number of nitrogens with zero attached hydrogens (tertiary/aromatic N) is 2. The predicted molar refractivity (Wildman–Crippen MR) is 161 cm³/mol. The summed E-state index contributed by atoms with van der Waals surface area (Å²) in [5, 5.41) is 32.1. The van der Waals surface area contributed by atoms with Gasteiger partial charge in [0.25, 0.3) is 5.91 Å². The summed E-state index contributed by atoms with van der Waals surface area (Å²) < 4.78 is 63.5. The first kappa shape index (κ1) is 38.7. The second-order valence-electron chi connectivity index (χ2n) is 10.3. The zero-order chi connectivity index (χ0) is 36.4. The van der Waals surface area contributed by atoms with Gasteiger partial charge >= 0.3 is 24.3 Å². The standard InChI is InChI=1S/C25H29N7O2.2C2HF3O2/c1-14-7-12-19-18(13-14)22(28-20-5-3-4-6-21(20)29-24(26)27)31-25(30-19)32-23(34)17-10-8-16(9-11-17)15(2)33;2*3-2(4,5)1(6)7/h7-13,20-21H,3-6H2,1-2H3,(H4,26,27,29)(H2,28,30,31,32,34);2*(H,6,7). The van der Waals surface area contributed by atoms with E-state index in [1.165, 1.54) is 6.92 Å². The van der Waals surface area contributed by atoms with Crippen LogP contribution in [0.15, 0.2) is 42.5 Å². The van der Waals surface area contributed by atoms with Crippen LogP contribution in [0.3, 0.4) is 0 Å². The van der Waals surface area contributed by atoms with Crippen molar-refractivity contribution in [3.05, 3.63) is 59.2 Å². The van der Waals surface area contributed by atoms with Crippen molar-refractivity contribution in [2.75, 3.05) is 10.6 Å². The molecule has 13 nitrogen and oxygen atoms in total. The summed E-state index contributed by atoms with van der Waals surface area (Å²) in [6.07, 6.45) is -6.22. The molecule has 0 aliphatic heterocycles. The molecule has 1 aliphatic rings. The lowest BCUT2D eigenvalue weighted by molar-refractivity contribution is -0.193. The monoisotopic (exact) mass is 687 g/mol. The number of carboxylic acid groups (broad SMARTS) is 2. The number of ketones is 1. The van der Waals surface area contributed by atoms with E-state index in [0.717, 1.165) is 36.6 Å². The van der Waals surface area contributed by atoms with Gasteiger partial charge in [0.1, 0.15) is 5.82 Å². The molecule has 1 amide bonds. The van der Waals surface area contributed by atoms with Crippen LogP contribution in [-0.4, -0.2) is 74.2 Å². The molecule has 1 heterocycles. The lowest BCUT2D eigenvalue weighted by Crippen LogP contribution is -2.50. The highest BCUT2D eigenvalue weighted by atomic mass is 19.4. The van der Waals surface area contributed by atoms with Crippen LogP contribution in [0.5, 0.6) is 0 Å². The maximum Gasteiger partial charge on any atom is 0.490 e. The molecular formula is C29H31F6N7O6. The van der Waals surface area contributed by atoms with Gasteiger partial charge in [0.15, 0.2) is 11.7 Å². The molecule has 0 spiro atoms. The molecule has 3 aromatic rings. The Labute approximate surface area is 268 Å². The number of Topliss-reactive ketones (excluding diaryl/α,β-unsaturated/α-hetero) is 1. The van der Waals surface area contributed by atoms with Crippen molar-refractivity contribution < 1.29 is 55.7 Å². The van der Waals surface area contributed by atoms with Gasteiger partial charge in [0, 0.05) is 28.6 Å². The third kappa shape index (κ3) is 12.0. The number of aliphatic carboxylic acids is 2. The van der Waals surface area contributed by atoms with Crippen LogP contribution in [0.25, 0.3) is 10.9 Å². The molecule has 19 heteroatoms. The van der Waals surface area contributed by atoms with Gasteiger partial charge in [-0.2, -0.15) is 31.3 Å². The average Bonchev–Trinajstić information content (AvgIpc) is 2.98. The Morgan fingerprint density at radius 2 is 1.35 bits per heavy atom.